The van der Waals surface area contributed by atoms with Crippen molar-refractivity contribution in [3.05, 3.63) is 83.4 Å². The van der Waals surface area contributed by atoms with E-state index >= 15 is 0 Å². The van der Waals surface area contributed by atoms with Crippen LogP contribution in [-0.2, 0) is 0 Å². The van der Waals surface area contributed by atoms with Gasteiger partial charge in [0.2, 0.25) is 0 Å². The van der Waals surface area contributed by atoms with E-state index in [2.05, 4.69) is 41.2 Å². The van der Waals surface area contributed by atoms with Crippen LogP contribution in [0.1, 0.15) is 74.7 Å². The Balaban J connectivity index is 1.36. The molecule has 0 spiro atoms. The van der Waals surface area contributed by atoms with E-state index in [0.29, 0.717) is 17.3 Å². The van der Waals surface area contributed by atoms with Crippen LogP contribution in [0.15, 0.2) is 54.9 Å². The summed E-state index contributed by atoms with van der Waals surface area (Å²) in [6, 6.07) is 12.6. The minimum Gasteiger partial charge on any atom is -0.236 e. The second-order valence-electron chi connectivity index (χ2n) is 8.82. The predicted molar refractivity (Wildman–Crippen MR) is 127 cm³/mol. The molecule has 0 radical (unpaired) electrons. The average molecular weight is 433 g/mol. The molecule has 2 nitrogen and oxygen atoms in total. The highest BCUT2D eigenvalue weighted by molar-refractivity contribution is 5.68. The van der Waals surface area contributed by atoms with Gasteiger partial charge in [-0.15, -0.1) is 0 Å². The normalized spacial score (nSPS) is 18.8. The first kappa shape index (κ1) is 22.3. The van der Waals surface area contributed by atoms with Crippen molar-refractivity contribution in [2.24, 2.45) is 5.92 Å². The van der Waals surface area contributed by atoms with Crippen LogP contribution in [0.3, 0.4) is 0 Å². The summed E-state index contributed by atoms with van der Waals surface area (Å²) >= 11 is 0. The minimum absolute atomic E-state index is 0.523. The molecule has 3 aromatic rings. The van der Waals surface area contributed by atoms with Gasteiger partial charge in [-0.05, 0) is 72.4 Å². The SMILES string of the molecule is CCCCC1CCC(c2ccc(-c3cnc(C=Cc4ccc(F)c(F)c4)nc3)cc2)CC1. The van der Waals surface area contributed by atoms with Gasteiger partial charge in [0.05, 0.1) is 0 Å². The van der Waals surface area contributed by atoms with Crippen molar-refractivity contribution in [2.75, 3.05) is 0 Å². The molecular weight excluding hydrogens is 402 g/mol. The molecule has 1 saturated carbocycles. The molecular formula is C28H30F2N2. The van der Waals surface area contributed by atoms with Crippen molar-refractivity contribution in [3.63, 3.8) is 0 Å². The molecule has 1 aliphatic carbocycles. The summed E-state index contributed by atoms with van der Waals surface area (Å²) in [6.07, 6.45) is 16.3. The summed E-state index contributed by atoms with van der Waals surface area (Å²) in [5.74, 6) is 0.416. The summed E-state index contributed by atoms with van der Waals surface area (Å²) in [5.41, 5.74) is 4.06. The fourth-order valence-corrected chi connectivity index (χ4v) is 4.58. The van der Waals surface area contributed by atoms with E-state index in [1.54, 1.807) is 24.5 Å². The molecule has 1 aliphatic rings. The van der Waals surface area contributed by atoms with Gasteiger partial charge in [-0.2, -0.15) is 0 Å². The van der Waals surface area contributed by atoms with E-state index in [1.165, 1.54) is 56.6 Å². The molecule has 1 heterocycles. The maximum atomic E-state index is 13.3. The molecule has 0 bridgehead atoms. The molecule has 0 N–H and O–H groups in total. The highest BCUT2D eigenvalue weighted by atomic mass is 19.2. The number of nitrogens with zero attached hydrogens (tertiary/aromatic N) is 2. The Kier molecular flexibility index (Phi) is 7.41. The zero-order valence-electron chi connectivity index (χ0n) is 18.6. The summed E-state index contributed by atoms with van der Waals surface area (Å²) < 4.78 is 26.3. The minimum atomic E-state index is -0.864. The monoisotopic (exact) mass is 432 g/mol. The van der Waals surface area contributed by atoms with Gasteiger partial charge in [-0.25, -0.2) is 18.7 Å². The second kappa shape index (κ2) is 10.6. The predicted octanol–water partition coefficient (Wildman–Crippen LogP) is 8.06. The smallest absolute Gasteiger partial charge is 0.159 e. The third-order valence-corrected chi connectivity index (χ3v) is 6.57. The lowest BCUT2D eigenvalue weighted by Crippen LogP contribution is -2.13. The zero-order valence-corrected chi connectivity index (χ0v) is 18.6. The van der Waals surface area contributed by atoms with Gasteiger partial charge >= 0.3 is 0 Å². The highest BCUT2D eigenvalue weighted by Crippen LogP contribution is 2.38. The Hall–Kier alpha value is -2.88. The first-order valence-electron chi connectivity index (χ1n) is 11.7. The number of unbranched alkanes of at least 4 members (excludes halogenated alkanes) is 1. The summed E-state index contributed by atoms with van der Waals surface area (Å²) in [5, 5.41) is 0. The molecule has 0 aliphatic heterocycles. The topological polar surface area (TPSA) is 25.8 Å². The van der Waals surface area contributed by atoms with E-state index in [1.807, 2.05) is 0 Å². The van der Waals surface area contributed by atoms with Crippen molar-refractivity contribution in [3.8, 4) is 11.1 Å². The number of rotatable bonds is 7. The zero-order chi connectivity index (χ0) is 22.3. The Morgan fingerprint density at radius 3 is 2.22 bits per heavy atom. The van der Waals surface area contributed by atoms with Gasteiger partial charge in [0, 0.05) is 18.0 Å². The summed E-state index contributed by atoms with van der Waals surface area (Å²) in [6.45, 7) is 2.28. The van der Waals surface area contributed by atoms with Crippen LogP contribution in [0, 0.1) is 17.6 Å². The Morgan fingerprint density at radius 2 is 1.56 bits per heavy atom. The molecule has 1 aromatic heterocycles. The summed E-state index contributed by atoms with van der Waals surface area (Å²) in [4.78, 5) is 8.78. The Bertz CT molecular complexity index is 1030. The largest absolute Gasteiger partial charge is 0.236 e. The van der Waals surface area contributed by atoms with Crippen molar-refractivity contribution in [1.29, 1.82) is 0 Å². The highest BCUT2D eigenvalue weighted by Gasteiger charge is 2.21. The summed E-state index contributed by atoms with van der Waals surface area (Å²) in [7, 11) is 0. The van der Waals surface area contributed by atoms with E-state index in [4.69, 9.17) is 0 Å². The van der Waals surface area contributed by atoms with Gasteiger partial charge < -0.3 is 0 Å². The quantitative estimate of drug-likeness (QED) is 0.377. The molecule has 1 fully saturated rings. The van der Waals surface area contributed by atoms with Gasteiger partial charge in [-0.3, -0.25) is 0 Å². The molecule has 4 heteroatoms. The standard InChI is InChI=1S/C28H30F2N2/c1-2-3-4-20-5-9-22(10-6-20)23-11-13-24(14-12-23)25-18-31-28(32-19-25)16-8-21-7-15-26(29)27(30)17-21/h7-8,11-20,22H,2-6,9-10H2,1H3. The fraction of sp³-hybridized carbons (Fsp3) is 0.357. The third-order valence-electron chi connectivity index (χ3n) is 6.57. The van der Waals surface area contributed by atoms with E-state index in [-0.39, 0.29) is 0 Å². The molecule has 0 unspecified atom stereocenters. The van der Waals surface area contributed by atoms with Crippen molar-refractivity contribution in [1.82, 2.24) is 9.97 Å². The number of hydrogen-bond donors (Lipinski definition) is 0. The maximum absolute atomic E-state index is 13.3. The number of benzene rings is 2. The van der Waals surface area contributed by atoms with Crippen molar-refractivity contribution >= 4 is 12.2 Å². The molecule has 166 valence electrons. The lowest BCUT2D eigenvalue weighted by atomic mass is 9.77. The Labute approximate surface area is 189 Å². The molecule has 0 amide bonds. The number of aromatic nitrogens is 2. The van der Waals surface area contributed by atoms with Crippen LogP contribution >= 0.6 is 0 Å². The molecule has 2 aromatic carbocycles. The van der Waals surface area contributed by atoms with Crippen LogP contribution in [0.5, 0.6) is 0 Å². The Morgan fingerprint density at radius 1 is 0.844 bits per heavy atom. The molecule has 4 rings (SSSR count). The van der Waals surface area contributed by atoms with Crippen molar-refractivity contribution < 1.29 is 8.78 Å². The van der Waals surface area contributed by atoms with Crippen LogP contribution in [0.4, 0.5) is 8.78 Å². The molecule has 0 saturated heterocycles. The fourth-order valence-electron chi connectivity index (χ4n) is 4.58. The van der Waals surface area contributed by atoms with Gasteiger partial charge in [-0.1, -0.05) is 62.6 Å². The van der Waals surface area contributed by atoms with Crippen LogP contribution in [-0.4, -0.2) is 9.97 Å². The second-order valence-corrected chi connectivity index (χ2v) is 8.82. The lowest BCUT2D eigenvalue weighted by Gasteiger charge is -2.29. The van der Waals surface area contributed by atoms with Gasteiger partial charge in [0.1, 0.15) is 0 Å². The average Bonchev–Trinajstić information content (AvgIpc) is 2.84. The van der Waals surface area contributed by atoms with Crippen molar-refractivity contribution in [2.45, 2.75) is 57.8 Å². The van der Waals surface area contributed by atoms with Gasteiger partial charge in [0.15, 0.2) is 17.5 Å². The molecule has 0 atom stereocenters. The first-order valence-corrected chi connectivity index (χ1v) is 11.7. The maximum Gasteiger partial charge on any atom is 0.159 e. The van der Waals surface area contributed by atoms with Crippen LogP contribution < -0.4 is 0 Å². The van der Waals surface area contributed by atoms with E-state index < -0.39 is 11.6 Å². The van der Waals surface area contributed by atoms with E-state index in [9.17, 15) is 8.78 Å². The number of halogens is 2. The van der Waals surface area contributed by atoms with Crippen LogP contribution in [0.25, 0.3) is 23.3 Å². The number of hydrogen-bond acceptors (Lipinski definition) is 2. The third kappa shape index (κ3) is 5.67. The first-order chi connectivity index (χ1) is 15.6. The molecule has 32 heavy (non-hydrogen) atoms. The van der Waals surface area contributed by atoms with Crippen LogP contribution in [0.2, 0.25) is 0 Å². The van der Waals surface area contributed by atoms with E-state index in [0.717, 1.165) is 29.2 Å². The lowest BCUT2D eigenvalue weighted by molar-refractivity contribution is 0.304. The van der Waals surface area contributed by atoms with Gasteiger partial charge in [0.25, 0.3) is 0 Å².